The van der Waals surface area contributed by atoms with Crippen molar-refractivity contribution in [3.63, 3.8) is 0 Å². The summed E-state index contributed by atoms with van der Waals surface area (Å²) in [6, 6.07) is 0. The number of ether oxygens (including phenoxy) is 1. The van der Waals surface area contributed by atoms with Gasteiger partial charge < -0.3 is 15.0 Å². The Kier molecular flexibility index (Phi) is 4.82. The van der Waals surface area contributed by atoms with Gasteiger partial charge in [0.25, 0.3) is 0 Å². The maximum atomic E-state index is 12.0. The SMILES string of the molecule is CCNC(=O)C1(C)CCN(C(=O)OC(C)(C)C)CC1. The molecule has 0 unspecified atom stereocenters. The van der Waals surface area contributed by atoms with E-state index >= 15 is 0 Å². The van der Waals surface area contributed by atoms with Crippen molar-refractivity contribution in [3.8, 4) is 0 Å². The van der Waals surface area contributed by atoms with Crippen molar-refractivity contribution in [2.75, 3.05) is 19.6 Å². The van der Waals surface area contributed by atoms with Crippen molar-refractivity contribution in [1.82, 2.24) is 10.2 Å². The summed E-state index contributed by atoms with van der Waals surface area (Å²) < 4.78 is 5.34. The minimum Gasteiger partial charge on any atom is -0.444 e. The van der Waals surface area contributed by atoms with Gasteiger partial charge in [0.2, 0.25) is 5.91 Å². The van der Waals surface area contributed by atoms with Gasteiger partial charge in [-0.2, -0.15) is 0 Å². The van der Waals surface area contributed by atoms with Crippen LogP contribution in [0.3, 0.4) is 0 Å². The van der Waals surface area contributed by atoms with Crippen LogP contribution in [0.2, 0.25) is 0 Å². The highest BCUT2D eigenvalue weighted by molar-refractivity contribution is 5.82. The van der Waals surface area contributed by atoms with Crippen LogP contribution in [0.5, 0.6) is 0 Å². The molecule has 1 aliphatic heterocycles. The number of hydrogen-bond donors (Lipinski definition) is 1. The molecule has 0 atom stereocenters. The zero-order chi connectivity index (χ0) is 14.7. The van der Waals surface area contributed by atoms with E-state index in [0.29, 0.717) is 32.5 Å². The third-order valence-electron chi connectivity index (χ3n) is 3.40. The van der Waals surface area contributed by atoms with Crippen LogP contribution in [-0.4, -0.2) is 42.1 Å². The molecule has 0 radical (unpaired) electrons. The van der Waals surface area contributed by atoms with Gasteiger partial charge in [-0.3, -0.25) is 4.79 Å². The zero-order valence-electron chi connectivity index (χ0n) is 12.7. The number of rotatable bonds is 2. The van der Waals surface area contributed by atoms with Crippen LogP contribution in [0.4, 0.5) is 4.79 Å². The monoisotopic (exact) mass is 270 g/mol. The van der Waals surface area contributed by atoms with Crippen LogP contribution in [0.25, 0.3) is 0 Å². The molecule has 5 heteroatoms. The minimum absolute atomic E-state index is 0.0823. The van der Waals surface area contributed by atoms with Crippen LogP contribution in [0.15, 0.2) is 0 Å². The van der Waals surface area contributed by atoms with E-state index < -0.39 is 5.60 Å². The first-order valence-corrected chi connectivity index (χ1v) is 6.94. The van der Waals surface area contributed by atoms with Gasteiger partial charge in [-0.25, -0.2) is 4.79 Å². The topological polar surface area (TPSA) is 58.6 Å². The molecule has 0 aromatic heterocycles. The molecule has 0 aliphatic carbocycles. The minimum atomic E-state index is -0.475. The van der Waals surface area contributed by atoms with Gasteiger partial charge >= 0.3 is 6.09 Å². The van der Waals surface area contributed by atoms with E-state index in [1.165, 1.54) is 0 Å². The fraction of sp³-hybridized carbons (Fsp3) is 0.857. The van der Waals surface area contributed by atoms with Gasteiger partial charge in [-0.1, -0.05) is 6.92 Å². The molecule has 2 amide bonds. The van der Waals surface area contributed by atoms with Crippen LogP contribution in [0.1, 0.15) is 47.5 Å². The largest absolute Gasteiger partial charge is 0.444 e. The van der Waals surface area contributed by atoms with Crippen molar-refractivity contribution >= 4 is 12.0 Å². The van der Waals surface area contributed by atoms with Crippen molar-refractivity contribution in [2.24, 2.45) is 5.41 Å². The van der Waals surface area contributed by atoms with E-state index in [9.17, 15) is 9.59 Å². The van der Waals surface area contributed by atoms with Gasteiger partial charge in [0.05, 0.1) is 0 Å². The Labute approximate surface area is 115 Å². The number of hydrogen-bond acceptors (Lipinski definition) is 3. The van der Waals surface area contributed by atoms with E-state index in [0.717, 1.165) is 0 Å². The van der Waals surface area contributed by atoms with Gasteiger partial charge in [0.15, 0.2) is 0 Å². The van der Waals surface area contributed by atoms with Crippen LogP contribution < -0.4 is 5.32 Å². The summed E-state index contributed by atoms with van der Waals surface area (Å²) in [5.41, 5.74) is -0.841. The molecular formula is C14H26N2O3. The van der Waals surface area contributed by atoms with Crippen molar-refractivity contribution in [1.29, 1.82) is 0 Å². The first-order valence-electron chi connectivity index (χ1n) is 6.94. The van der Waals surface area contributed by atoms with Crippen LogP contribution in [-0.2, 0) is 9.53 Å². The third-order valence-corrected chi connectivity index (χ3v) is 3.40. The maximum Gasteiger partial charge on any atom is 0.410 e. The number of carbonyl (C=O) groups excluding carboxylic acids is 2. The van der Waals surface area contributed by atoms with E-state index in [4.69, 9.17) is 4.74 Å². The molecule has 1 N–H and O–H groups in total. The lowest BCUT2D eigenvalue weighted by atomic mass is 9.79. The Bertz CT molecular complexity index is 339. The van der Waals surface area contributed by atoms with Crippen molar-refractivity contribution in [2.45, 2.75) is 53.1 Å². The van der Waals surface area contributed by atoms with Gasteiger partial charge in [0.1, 0.15) is 5.60 Å². The van der Waals surface area contributed by atoms with Crippen LogP contribution >= 0.6 is 0 Å². The van der Waals surface area contributed by atoms with E-state index in [2.05, 4.69) is 5.32 Å². The quantitative estimate of drug-likeness (QED) is 0.836. The lowest BCUT2D eigenvalue weighted by Crippen LogP contribution is -2.49. The van der Waals surface area contributed by atoms with Crippen molar-refractivity contribution < 1.29 is 14.3 Å². The van der Waals surface area contributed by atoms with E-state index in [1.807, 2.05) is 34.6 Å². The predicted molar refractivity (Wildman–Crippen MR) is 73.8 cm³/mol. The normalized spacial score (nSPS) is 18.9. The molecule has 110 valence electrons. The standard InChI is InChI=1S/C14H26N2O3/c1-6-15-11(17)14(5)7-9-16(10-8-14)12(18)19-13(2,3)4/h6-10H2,1-5H3,(H,15,17). The van der Waals surface area contributed by atoms with Gasteiger partial charge in [-0.05, 0) is 40.5 Å². The fourth-order valence-electron chi connectivity index (χ4n) is 2.11. The molecule has 0 spiro atoms. The van der Waals surface area contributed by atoms with Crippen LogP contribution in [0, 0.1) is 5.41 Å². The predicted octanol–water partition coefficient (Wildman–Crippen LogP) is 2.16. The number of likely N-dealkylation sites (tertiary alicyclic amines) is 1. The Hall–Kier alpha value is -1.26. The zero-order valence-corrected chi connectivity index (χ0v) is 12.7. The average molecular weight is 270 g/mol. The van der Waals surface area contributed by atoms with Gasteiger partial charge in [0, 0.05) is 25.0 Å². The molecule has 0 aromatic rings. The molecule has 5 nitrogen and oxygen atoms in total. The summed E-state index contributed by atoms with van der Waals surface area (Å²) in [5, 5.41) is 2.86. The summed E-state index contributed by atoms with van der Waals surface area (Å²) in [6.07, 6.45) is 1.07. The summed E-state index contributed by atoms with van der Waals surface area (Å²) in [5.74, 6) is 0.0823. The lowest BCUT2D eigenvalue weighted by Gasteiger charge is -2.38. The molecular weight excluding hydrogens is 244 g/mol. The number of nitrogens with one attached hydrogen (secondary N) is 1. The lowest BCUT2D eigenvalue weighted by molar-refractivity contribution is -0.132. The Morgan fingerprint density at radius 2 is 1.79 bits per heavy atom. The number of piperidine rings is 1. The second-order valence-electron chi connectivity index (χ2n) is 6.39. The molecule has 1 saturated heterocycles. The second kappa shape index (κ2) is 5.80. The van der Waals surface area contributed by atoms with E-state index in [-0.39, 0.29) is 17.4 Å². The van der Waals surface area contributed by atoms with E-state index in [1.54, 1.807) is 4.90 Å². The Morgan fingerprint density at radius 1 is 1.26 bits per heavy atom. The highest BCUT2D eigenvalue weighted by Crippen LogP contribution is 2.31. The number of carbonyl (C=O) groups is 2. The first kappa shape index (κ1) is 15.8. The Balaban J connectivity index is 2.53. The molecule has 0 saturated carbocycles. The molecule has 19 heavy (non-hydrogen) atoms. The maximum absolute atomic E-state index is 12.0. The summed E-state index contributed by atoms with van der Waals surface area (Å²) >= 11 is 0. The Morgan fingerprint density at radius 3 is 2.21 bits per heavy atom. The van der Waals surface area contributed by atoms with Crippen molar-refractivity contribution in [3.05, 3.63) is 0 Å². The fourth-order valence-corrected chi connectivity index (χ4v) is 2.11. The molecule has 0 aromatic carbocycles. The average Bonchev–Trinajstić information content (AvgIpc) is 2.27. The first-order chi connectivity index (χ1) is 8.68. The summed E-state index contributed by atoms with van der Waals surface area (Å²) in [6.45, 7) is 11.2. The molecule has 1 rings (SSSR count). The molecule has 0 bridgehead atoms. The summed E-state index contributed by atoms with van der Waals surface area (Å²) in [4.78, 5) is 25.6. The summed E-state index contributed by atoms with van der Waals surface area (Å²) in [7, 11) is 0. The molecule has 1 aliphatic rings. The highest BCUT2D eigenvalue weighted by atomic mass is 16.6. The third kappa shape index (κ3) is 4.40. The smallest absolute Gasteiger partial charge is 0.410 e. The van der Waals surface area contributed by atoms with Gasteiger partial charge in [-0.15, -0.1) is 0 Å². The number of amides is 2. The number of nitrogens with zero attached hydrogens (tertiary/aromatic N) is 1. The molecule has 1 heterocycles. The highest BCUT2D eigenvalue weighted by Gasteiger charge is 2.38. The second-order valence-corrected chi connectivity index (χ2v) is 6.39. The molecule has 1 fully saturated rings.